The smallest absolute Gasteiger partial charge is 0.0670 e. The molecule has 2 heterocycles. The number of hydrogen-bond donors (Lipinski definition) is 1. The Labute approximate surface area is 85.5 Å². The molecule has 3 nitrogen and oxygen atoms in total. The molecule has 0 aromatic carbocycles. The summed E-state index contributed by atoms with van der Waals surface area (Å²) in [5.74, 6) is 0. The molecule has 3 heteroatoms. The molecule has 0 saturated heterocycles. The number of rotatable bonds is 1. The molecule has 0 fully saturated rings. The fraction of sp³-hybridized carbons (Fsp3) is 0.727. The molecule has 1 aromatic rings. The van der Waals surface area contributed by atoms with Crippen LogP contribution in [0.5, 0.6) is 0 Å². The number of aryl methyl sites for hydroxylation is 2. The summed E-state index contributed by atoms with van der Waals surface area (Å²) in [7, 11) is 0. The fourth-order valence-corrected chi connectivity index (χ4v) is 2.09. The Morgan fingerprint density at radius 1 is 1.43 bits per heavy atom. The SMILES string of the molecule is Cc1[nH]nc2c1CN(C(C)C)CCC2. The second-order valence-electron chi connectivity index (χ2n) is 4.44. The van der Waals surface area contributed by atoms with Gasteiger partial charge in [-0.1, -0.05) is 0 Å². The van der Waals surface area contributed by atoms with Gasteiger partial charge >= 0.3 is 0 Å². The van der Waals surface area contributed by atoms with E-state index in [0.717, 1.165) is 13.0 Å². The first-order valence-electron chi connectivity index (χ1n) is 5.45. The summed E-state index contributed by atoms with van der Waals surface area (Å²) < 4.78 is 0. The third-order valence-corrected chi connectivity index (χ3v) is 3.11. The summed E-state index contributed by atoms with van der Waals surface area (Å²) >= 11 is 0. The molecule has 1 N–H and O–H groups in total. The first kappa shape index (κ1) is 9.71. The van der Waals surface area contributed by atoms with E-state index in [1.165, 1.54) is 29.9 Å². The van der Waals surface area contributed by atoms with Crippen LogP contribution in [-0.2, 0) is 13.0 Å². The molecular weight excluding hydrogens is 174 g/mol. The third kappa shape index (κ3) is 1.69. The van der Waals surface area contributed by atoms with Gasteiger partial charge < -0.3 is 0 Å². The van der Waals surface area contributed by atoms with Crippen LogP contribution < -0.4 is 0 Å². The van der Waals surface area contributed by atoms with Crippen molar-refractivity contribution in [2.24, 2.45) is 0 Å². The molecule has 1 aliphatic heterocycles. The van der Waals surface area contributed by atoms with Crippen molar-refractivity contribution in [3.8, 4) is 0 Å². The molecule has 2 rings (SSSR count). The summed E-state index contributed by atoms with van der Waals surface area (Å²) in [4.78, 5) is 2.52. The maximum absolute atomic E-state index is 4.36. The average molecular weight is 193 g/mol. The number of nitrogens with zero attached hydrogens (tertiary/aromatic N) is 2. The Kier molecular flexibility index (Phi) is 2.59. The van der Waals surface area contributed by atoms with Crippen LogP contribution in [0.1, 0.15) is 37.2 Å². The summed E-state index contributed by atoms with van der Waals surface area (Å²) in [6.45, 7) is 8.92. The van der Waals surface area contributed by atoms with Gasteiger partial charge in [-0.3, -0.25) is 10.00 Å². The number of hydrogen-bond acceptors (Lipinski definition) is 2. The van der Waals surface area contributed by atoms with Crippen LogP contribution in [-0.4, -0.2) is 27.7 Å². The lowest BCUT2D eigenvalue weighted by molar-refractivity contribution is 0.216. The molecule has 0 atom stereocenters. The average Bonchev–Trinajstić information content (AvgIpc) is 2.40. The van der Waals surface area contributed by atoms with Gasteiger partial charge in [-0.25, -0.2) is 0 Å². The quantitative estimate of drug-likeness (QED) is 0.738. The largest absolute Gasteiger partial charge is 0.297 e. The fourth-order valence-electron chi connectivity index (χ4n) is 2.09. The molecule has 0 aliphatic carbocycles. The molecule has 1 aliphatic rings. The van der Waals surface area contributed by atoms with Crippen molar-refractivity contribution in [1.29, 1.82) is 0 Å². The topological polar surface area (TPSA) is 31.9 Å². The Morgan fingerprint density at radius 3 is 2.93 bits per heavy atom. The van der Waals surface area contributed by atoms with Gasteiger partial charge in [-0.15, -0.1) is 0 Å². The monoisotopic (exact) mass is 193 g/mol. The third-order valence-electron chi connectivity index (χ3n) is 3.11. The van der Waals surface area contributed by atoms with E-state index in [9.17, 15) is 0 Å². The first-order chi connectivity index (χ1) is 6.68. The zero-order valence-electron chi connectivity index (χ0n) is 9.30. The van der Waals surface area contributed by atoms with Gasteiger partial charge in [0.25, 0.3) is 0 Å². The number of H-pyrrole nitrogens is 1. The second-order valence-corrected chi connectivity index (χ2v) is 4.44. The van der Waals surface area contributed by atoms with Gasteiger partial charge in [0.2, 0.25) is 0 Å². The number of aromatic amines is 1. The Morgan fingerprint density at radius 2 is 2.21 bits per heavy atom. The van der Waals surface area contributed by atoms with Gasteiger partial charge in [0.05, 0.1) is 5.69 Å². The van der Waals surface area contributed by atoms with Crippen LogP contribution in [0.15, 0.2) is 0 Å². The second kappa shape index (κ2) is 3.73. The van der Waals surface area contributed by atoms with Gasteiger partial charge in [-0.2, -0.15) is 5.10 Å². The van der Waals surface area contributed by atoms with Crippen LogP contribution in [0.2, 0.25) is 0 Å². The normalized spacial score (nSPS) is 18.3. The van der Waals surface area contributed by atoms with Crippen LogP contribution in [0.3, 0.4) is 0 Å². The highest BCUT2D eigenvalue weighted by atomic mass is 15.2. The molecule has 78 valence electrons. The van der Waals surface area contributed by atoms with Crippen molar-refractivity contribution in [3.63, 3.8) is 0 Å². The molecule has 0 amide bonds. The maximum atomic E-state index is 4.36. The Bertz CT molecular complexity index is 314. The molecule has 14 heavy (non-hydrogen) atoms. The van der Waals surface area contributed by atoms with Gasteiger partial charge in [0.1, 0.15) is 0 Å². The van der Waals surface area contributed by atoms with E-state index < -0.39 is 0 Å². The lowest BCUT2D eigenvalue weighted by Crippen LogP contribution is -2.30. The summed E-state index contributed by atoms with van der Waals surface area (Å²) in [6.07, 6.45) is 2.36. The van der Waals surface area contributed by atoms with E-state index in [4.69, 9.17) is 0 Å². The zero-order chi connectivity index (χ0) is 10.1. The van der Waals surface area contributed by atoms with Crippen molar-refractivity contribution >= 4 is 0 Å². The van der Waals surface area contributed by atoms with Crippen molar-refractivity contribution in [2.45, 2.75) is 46.2 Å². The summed E-state index contributed by atoms with van der Waals surface area (Å²) in [5.41, 5.74) is 3.95. The van der Waals surface area contributed by atoms with Gasteiger partial charge in [-0.05, 0) is 40.2 Å². The van der Waals surface area contributed by atoms with Crippen molar-refractivity contribution < 1.29 is 0 Å². The van der Waals surface area contributed by atoms with Crippen molar-refractivity contribution in [1.82, 2.24) is 15.1 Å². The number of nitrogens with one attached hydrogen (secondary N) is 1. The van der Waals surface area contributed by atoms with Gasteiger partial charge in [0.15, 0.2) is 0 Å². The summed E-state index contributed by atoms with van der Waals surface area (Å²) in [6, 6.07) is 0.634. The highest BCUT2D eigenvalue weighted by Gasteiger charge is 2.19. The highest BCUT2D eigenvalue weighted by molar-refractivity contribution is 5.25. The predicted molar refractivity (Wildman–Crippen MR) is 57.2 cm³/mol. The lowest BCUT2D eigenvalue weighted by atomic mass is 10.1. The van der Waals surface area contributed by atoms with Crippen LogP contribution >= 0.6 is 0 Å². The lowest BCUT2D eigenvalue weighted by Gasteiger charge is -2.24. The van der Waals surface area contributed by atoms with Gasteiger partial charge in [0, 0.05) is 23.8 Å². The minimum Gasteiger partial charge on any atom is -0.297 e. The van der Waals surface area contributed by atoms with E-state index >= 15 is 0 Å². The maximum Gasteiger partial charge on any atom is 0.0670 e. The highest BCUT2D eigenvalue weighted by Crippen LogP contribution is 2.20. The predicted octanol–water partition coefficient (Wildman–Crippen LogP) is 1.87. The molecule has 1 aromatic heterocycles. The van der Waals surface area contributed by atoms with Crippen LogP contribution in [0.25, 0.3) is 0 Å². The minimum atomic E-state index is 0.634. The van der Waals surface area contributed by atoms with Crippen LogP contribution in [0, 0.1) is 6.92 Å². The molecule has 0 saturated carbocycles. The van der Waals surface area contributed by atoms with E-state index in [2.05, 4.69) is 35.9 Å². The van der Waals surface area contributed by atoms with Crippen molar-refractivity contribution in [3.05, 3.63) is 17.0 Å². The molecule has 0 unspecified atom stereocenters. The molecule has 0 bridgehead atoms. The number of aromatic nitrogens is 2. The van der Waals surface area contributed by atoms with Crippen molar-refractivity contribution in [2.75, 3.05) is 6.54 Å². The molecular formula is C11H19N3. The molecule has 0 spiro atoms. The first-order valence-corrected chi connectivity index (χ1v) is 5.45. The van der Waals surface area contributed by atoms with E-state index in [1.54, 1.807) is 0 Å². The molecule has 0 radical (unpaired) electrons. The van der Waals surface area contributed by atoms with Crippen LogP contribution in [0.4, 0.5) is 0 Å². The van der Waals surface area contributed by atoms with E-state index in [1.807, 2.05) is 0 Å². The zero-order valence-corrected chi connectivity index (χ0v) is 9.30. The van der Waals surface area contributed by atoms with E-state index in [0.29, 0.717) is 6.04 Å². The number of fused-ring (bicyclic) bond motifs is 1. The van der Waals surface area contributed by atoms with E-state index in [-0.39, 0.29) is 0 Å². The standard InChI is InChI=1S/C11H19N3/c1-8(2)14-6-4-5-11-10(7-14)9(3)12-13-11/h8H,4-7H2,1-3H3,(H,12,13). The Hall–Kier alpha value is -0.830. The minimum absolute atomic E-state index is 0.634. The summed E-state index contributed by atoms with van der Waals surface area (Å²) in [5, 5.41) is 7.45. The Balaban J connectivity index is 2.24.